The van der Waals surface area contributed by atoms with Gasteiger partial charge in [0.2, 0.25) is 0 Å². The van der Waals surface area contributed by atoms with Crippen LogP contribution in [0.4, 0.5) is 0 Å². The second kappa shape index (κ2) is 2.95. The molecule has 1 aliphatic rings. The van der Waals surface area contributed by atoms with Crippen molar-refractivity contribution in [1.29, 1.82) is 0 Å². The number of aryl methyl sites for hydroxylation is 1. The van der Waals surface area contributed by atoms with E-state index in [4.69, 9.17) is 4.74 Å². The molecule has 2 heterocycles. The van der Waals surface area contributed by atoms with E-state index in [-0.39, 0.29) is 0 Å². The van der Waals surface area contributed by atoms with Crippen LogP contribution in [-0.4, -0.2) is 14.8 Å². The molecule has 0 aliphatic carbocycles. The lowest BCUT2D eigenvalue weighted by Gasteiger charge is -2.02. The second-order valence-corrected chi connectivity index (χ2v) is 3.33. The third-order valence-electron chi connectivity index (χ3n) is 2.26. The average molecular weight is 199 g/mol. The first-order valence-corrected chi connectivity index (χ1v) is 4.70. The predicted molar refractivity (Wildman–Crippen MR) is 56.2 cm³/mol. The fourth-order valence-electron chi connectivity index (χ4n) is 1.63. The molecule has 74 valence electrons. The van der Waals surface area contributed by atoms with Crippen molar-refractivity contribution in [3.63, 3.8) is 0 Å². The van der Waals surface area contributed by atoms with Gasteiger partial charge in [-0.3, -0.25) is 0 Å². The summed E-state index contributed by atoms with van der Waals surface area (Å²) in [6.45, 7) is 1.87. The summed E-state index contributed by atoms with van der Waals surface area (Å²) < 4.78 is 7.17. The van der Waals surface area contributed by atoms with Gasteiger partial charge < -0.3 is 4.74 Å². The largest absolute Gasteiger partial charge is 0.463 e. The first kappa shape index (κ1) is 8.23. The quantitative estimate of drug-likeness (QED) is 0.652. The van der Waals surface area contributed by atoms with Gasteiger partial charge in [0.25, 0.3) is 0 Å². The van der Waals surface area contributed by atoms with Crippen molar-refractivity contribution >= 4 is 6.20 Å². The van der Waals surface area contributed by atoms with Gasteiger partial charge in [-0.2, -0.15) is 5.10 Å². The fourth-order valence-corrected chi connectivity index (χ4v) is 1.63. The Morgan fingerprint density at radius 2 is 2.13 bits per heavy atom. The van der Waals surface area contributed by atoms with Crippen LogP contribution in [-0.2, 0) is 0 Å². The van der Waals surface area contributed by atoms with Crippen LogP contribution in [0.2, 0.25) is 0 Å². The smallest absolute Gasteiger partial charge is 0.166 e. The fraction of sp³-hybridized carbons (Fsp3) is 0.0909. The summed E-state index contributed by atoms with van der Waals surface area (Å²) >= 11 is 0. The van der Waals surface area contributed by atoms with Crippen LogP contribution >= 0.6 is 0 Å². The molecule has 1 aliphatic heterocycles. The zero-order chi connectivity index (χ0) is 10.3. The summed E-state index contributed by atoms with van der Waals surface area (Å²) in [5, 5.41) is 4.25. The van der Waals surface area contributed by atoms with E-state index in [0.29, 0.717) is 0 Å². The van der Waals surface area contributed by atoms with Crippen LogP contribution in [0.3, 0.4) is 0 Å². The van der Waals surface area contributed by atoms with Crippen LogP contribution < -0.4 is 4.74 Å². The van der Waals surface area contributed by atoms with E-state index < -0.39 is 0 Å². The maximum Gasteiger partial charge on any atom is 0.166 e. The Hall–Kier alpha value is -2.10. The Balaban J connectivity index is 2.32. The minimum absolute atomic E-state index is 0.756. The summed E-state index contributed by atoms with van der Waals surface area (Å²) in [6, 6.07) is 7.79. The third-order valence-corrected chi connectivity index (χ3v) is 2.26. The number of nitrogens with zero attached hydrogens (tertiary/aromatic N) is 3. The summed E-state index contributed by atoms with van der Waals surface area (Å²) in [6.07, 6.45) is 3.37. The summed E-state index contributed by atoms with van der Waals surface area (Å²) in [5.74, 6) is 2.38. The lowest BCUT2D eigenvalue weighted by atomic mass is 10.2. The average Bonchev–Trinajstić information content (AvgIpc) is 2.52. The molecule has 1 aromatic carbocycles. The Kier molecular flexibility index (Phi) is 1.62. The summed E-state index contributed by atoms with van der Waals surface area (Å²) in [4.78, 5) is 4.37. The number of aromatic nitrogens is 3. The zero-order valence-electron chi connectivity index (χ0n) is 8.21. The second-order valence-electron chi connectivity index (χ2n) is 3.33. The summed E-state index contributed by atoms with van der Waals surface area (Å²) in [5.41, 5.74) is 0.961. The van der Waals surface area contributed by atoms with Crippen LogP contribution in [0.1, 0.15) is 5.82 Å². The molecule has 0 amide bonds. The van der Waals surface area contributed by atoms with Crippen LogP contribution in [0.25, 0.3) is 17.6 Å². The molecule has 0 unspecified atom stereocenters. The molecule has 4 nitrogen and oxygen atoms in total. The number of fused-ring (bicyclic) bond motifs is 3. The maximum atomic E-state index is 5.45. The highest BCUT2D eigenvalue weighted by molar-refractivity contribution is 5.67. The lowest BCUT2D eigenvalue weighted by molar-refractivity contribution is 0.487. The van der Waals surface area contributed by atoms with Gasteiger partial charge in [-0.1, -0.05) is 12.1 Å². The van der Waals surface area contributed by atoms with Gasteiger partial charge in [0.1, 0.15) is 17.8 Å². The topological polar surface area (TPSA) is 39.9 Å². The first-order chi connectivity index (χ1) is 7.34. The predicted octanol–water partition coefficient (Wildman–Crippen LogP) is 2.07. The molecule has 0 atom stereocenters. The Bertz CT molecular complexity index is 543. The highest BCUT2D eigenvalue weighted by Crippen LogP contribution is 2.30. The van der Waals surface area contributed by atoms with E-state index in [1.807, 2.05) is 31.2 Å². The van der Waals surface area contributed by atoms with E-state index in [9.17, 15) is 0 Å². The van der Waals surface area contributed by atoms with E-state index in [1.165, 1.54) is 0 Å². The Labute approximate surface area is 86.8 Å². The van der Waals surface area contributed by atoms with Gasteiger partial charge in [0, 0.05) is 0 Å². The number of hydrogen-bond acceptors (Lipinski definition) is 3. The monoisotopic (exact) mass is 199 g/mol. The molecule has 0 spiro atoms. The lowest BCUT2D eigenvalue weighted by Crippen LogP contribution is -1.91. The van der Waals surface area contributed by atoms with Crippen molar-refractivity contribution in [3.8, 4) is 17.1 Å². The van der Waals surface area contributed by atoms with Crippen molar-refractivity contribution in [2.24, 2.45) is 0 Å². The van der Waals surface area contributed by atoms with Crippen LogP contribution in [0.15, 0.2) is 30.5 Å². The van der Waals surface area contributed by atoms with Crippen LogP contribution in [0, 0.1) is 6.92 Å². The molecule has 0 saturated carbocycles. The minimum atomic E-state index is 0.756. The summed E-state index contributed by atoms with van der Waals surface area (Å²) in [7, 11) is 0. The first-order valence-electron chi connectivity index (χ1n) is 4.70. The normalized spacial score (nSPS) is 12.6. The molecule has 2 aromatic rings. The van der Waals surface area contributed by atoms with Gasteiger partial charge in [-0.15, -0.1) is 0 Å². The molecule has 0 N–H and O–H groups in total. The molecule has 0 radical (unpaired) electrons. The Morgan fingerprint density at radius 1 is 1.27 bits per heavy atom. The van der Waals surface area contributed by atoms with Crippen LogP contribution in [0.5, 0.6) is 5.75 Å². The number of para-hydroxylation sites is 1. The molecular formula is C11H9N3O. The highest BCUT2D eigenvalue weighted by Gasteiger charge is 2.14. The number of hydrogen-bond donors (Lipinski definition) is 0. The minimum Gasteiger partial charge on any atom is -0.463 e. The number of ether oxygens (including phenoxy) is 1. The number of benzene rings is 1. The number of rotatable bonds is 0. The molecular weight excluding hydrogens is 190 g/mol. The molecule has 0 saturated heterocycles. The maximum absolute atomic E-state index is 5.45. The van der Waals surface area contributed by atoms with Crippen molar-refractivity contribution in [3.05, 3.63) is 36.4 Å². The molecule has 0 fully saturated rings. The van der Waals surface area contributed by atoms with Gasteiger partial charge in [0.15, 0.2) is 5.82 Å². The zero-order valence-corrected chi connectivity index (χ0v) is 8.21. The molecule has 0 bridgehead atoms. The standard InChI is InChI=1S/C11H9N3O/c1-8-12-11-9-4-2-3-5-10(9)15-7-6-14(11)13-8/h2-7H,1H3. The third kappa shape index (κ3) is 1.22. The highest BCUT2D eigenvalue weighted by atomic mass is 16.5. The molecule has 4 heteroatoms. The van der Waals surface area contributed by atoms with Crippen molar-refractivity contribution in [2.75, 3.05) is 0 Å². The van der Waals surface area contributed by atoms with Gasteiger partial charge in [-0.05, 0) is 19.1 Å². The SMILES string of the molecule is Cc1nc2n(n1)C=COc1ccccc1-2. The molecule has 15 heavy (non-hydrogen) atoms. The van der Waals surface area contributed by atoms with Gasteiger partial charge >= 0.3 is 0 Å². The van der Waals surface area contributed by atoms with Crippen molar-refractivity contribution < 1.29 is 4.74 Å². The molecule has 3 rings (SSSR count). The van der Waals surface area contributed by atoms with E-state index in [2.05, 4.69) is 10.1 Å². The van der Waals surface area contributed by atoms with Gasteiger partial charge in [0.05, 0.1) is 11.8 Å². The van der Waals surface area contributed by atoms with E-state index in [1.54, 1.807) is 17.1 Å². The van der Waals surface area contributed by atoms with Crippen molar-refractivity contribution in [1.82, 2.24) is 14.8 Å². The van der Waals surface area contributed by atoms with Gasteiger partial charge in [-0.25, -0.2) is 9.67 Å². The van der Waals surface area contributed by atoms with E-state index in [0.717, 1.165) is 23.0 Å². The molecule has 1 aromatic heterocycles. The van der Waals surface area contributed by atoms with Crippen molar-refractivity contribution in [2.45, 2.75) is 6.92 Å². The Morgan fingerprint density at radius 3 is 3.07 bits per heavy atom. The van der Waals surface area contributed by atoms with E-state index >= 15 is 0 Å².